The van der Waals surface area contributed by atoms with E-state index >= 15 is 0 Å². The van der Waals surface area contributed by atoms with E-state index in [0.29, 0.717) is 24.0 Å². The summed E-state index contributed by atoms with van der Waals surface area (Å²) in [5, 5.41) is 9.75. The molecule has 0 aliphatic carbocycles. The number of hydrogen-bond donors (Lipinski definition) is 0. The molecule has 1 atom stereocenters. The summed E-state index contributed by atoms with van der Waals surface area (Å²) in [6.45, 7) is 3.36. The van der Waals surface area contributed by atoms with Gasteiger partial charge in [0.2, 0.25) is 0 Å². The molecule has 22 heavy (non-hydrogen) atoms. The van der Waals surface area contributed by atoms with Crippen molar-refractivity contribution in [2.75, 3.05) is 23.7 Å². The number of hydrogen-bond acceptors (Lipinski definition) is 4. The molecule has 3 nitrogen and oxygen atoms in total. The molecule has 0 bridgehead atoms. The molecule has 0 amide bonds. The Morgan fingerprint density at radius 1 is 1.36 bits per heavy atom. The van der Waals surface area contributed by atoms with Crippen LogP contribution in [-0.2, 0) is 0 Å². The third-order valence-electron chi connectivity index (χ3n) is 3.65. The highest BCUT2D eigenvalue weighted by Crippen LogP contribution is 2.34. The zero-order chi connectivity index (χ0) is 15.9. The van der Waals surface area contributed by atoms with E-state index in [0.717, 1.165) is 11.8 Å². The standard InChI is InChI=1S/C15H12F3N3S/c1-8-7-21(2-3-22-8)15-9(5-19)6-20-14-10(15)4-11(16)12(17)13(14)18/h4,6,8H,2-3,7H2,1H3. The predicted octanol–water partition coefficient (Wildman–Crippen LogP) is 3.47. The minimum Gasteiger partial charge on any atom is -0.368 e. The van der Waals surface area contributed by atoms with Gasteiger partial charge in [-0.15, -0.1) is 0 Å². The first-order chi connectivity index (χ1) is 10.5. The normalized spacial score (nSPS) is 18.5. The quantitative estimate of drug-likeness (QED) is 0.754. The Hall–Kier alpha value is -1.94. The van der Waals surface area contributed by atoms with Gasteiger partial charge in [-0.25, -0.2) is 13.2 Å². The van der Waals surface area contributed by atoms with Crippen LogP contribution in [0.15, 0.2) is 12.3 Å². The summed E-state index contributed by atoms with van der Waals surface area (Å²) in [6, 6.07) is 2.92. The molecule has 1 saturated heterocycles. The van der Waals surface area contributed by atoms with Crippen molar-refractivity contribution in [2.24, 2.45) is 0 Å². The second kappa shape index (κ2) is 5.69. The fraction of sp³-hybridized carbons (Fsp3) is 0.333. The highest BCUT2D eigenvalue weighted by atomic mass is 32.2. The van der Waals surface area contributed by atoms with E-state index in [9.17, 15) is 18.4 Å². The largest absolute Gasteiger partial charge is 0.368 e. The van der Waals surface area contributed by atoms with Gasteiger partial charge >= 0.3 is 0 Å². The summed E-state index contributed by atoms with van der Waals surface area (Å²) in [6.07, 6.45) is 1.21. The molecule has 3 rings (SSSR count). The number of fused-ring (bicyclic) bond motifs is 1. The van der Waals surface area contributed by atoms with Crippen LogP contribution in [0.25, 0.3) is 10.9 Å². The van der Waals surface area contributed by atoms with Gasteiger partial charge in [0.05, 0.1) is 11.3 Å². The van der Waals surface area contributed by atoms with E-state index in [1.165, 1.54) is 6.20 Å². The van der Waals surface area contributed by atoms with Crippen LogP contribution < -0.4 is 4.90 Å². The van der Waals surface area contributed by atoms with Gasteiger partial charge in [-0.1, -0.05) is 6.92 Å². The SMILES string of the molecule is CC1CN(c2c(C#N)cnc3c(F)c(F)c(F)cc23)CCS1. The smallest absolute Gasteiger partial charge is 0.196 e. The van der Waals surface area contributed by atoms with E-state index in [1.54, 1.807) is 11.8 Å². The Morgan fingerprint density at radius 2 is 2.14 bits per heavy atom. The maximum absolute atomic E-state index is 13.9. The minimum absolute atomic E-state index is 0.134. The average Bonchev–Trinajstić information content (AvgIpc) is 2.51. The lowest BCUT2D eigenvalue weighted by Gasteiger charge is -2.33. The van der Waals surface area contributed by atoms with Crippen LogP contribution in [-0.4, -0.2) is 29.1 Å². The van der Waals surface area contributed by atoms with Crippen LogP contribution in [0.3, 0.4) is 0 Å². The fourth-order valence-electron chi connectivity index (χ4n) is 2.67. The Morgan fingerprint density at radius 3 is 2.82 bits per heavy atom. The first kappa shape index (κ1) is 15.0. The molecular weight excluding hydrogens is 311 g/mol. The van der Waals surface area contributed by atoms with Crippen LogP contribution in [0.1, 0.15) is 12.5 Å². The molecular formula is C15H12F3N3S. The highest BCUT2D eigenvalue weighted by Gasteiger charge is 2.25. The van der Waals surface area contributed by atoms with Gasteiger partial charge in [0.25, 0.3) is 0 Å². The lowest BCUT2D eigenvalue weighted by Crippen LogP contribution is -2.37. The molecule has 2 heterocycles. The van der Waals surface area contributed by atoms with Gasteiger partial charge in [0.15, 0.2) is 17.5 Å². The van der Waals surface area contributed by atoms with Gasteiger partial charge in [-0.05, 0) is 6.07 Å². The topological polar surface area (TPSA) is 39.9 Å². The number of nitrogens with zero attached hydrogens (tertiary/aromatic N) is 3. The van der Waals surface area contributed by atoms with E-state index in [2.05, 4.69) is 4.98 Å². The number of anilines is 1. The number of nitriles is 1. The Labute approximate surface area is 129 Å². The summed E-state index contributed by atoms with van der Waals surface area (Å²) in [5.41, 5.74) is 0.410. The molecule has 2 aromatic rings. The summed E-state index contributed by atoms with van der Waals surface area (Å²) in [4.78, 5) is 5.71. The van der Waals surface area contributed by atoms with Crippen molar-refractivity contribution >= 4 is 28.4 Å². The van der Waals surface area contributed by atoms with E-state index in [1.807, 2.05) is 17.9 Å². The van der Waals surface area contributed by atoms with Gasteiger partial charge in [-0.3, -0.25) is 4.98 Å². The molecule has 1 unspecified atom stereocenters. The number of pyridine rings is 1. The lowest BCUT2D eigenvalue weighted by molar-refractivity contribution is 0.452. The molecule has 1 aliphatic rings. The summed E-state index contributed by atoms with van der Waals surface area (Å²) < 4.78 is 41.0. The number of aromatic nitrogens is 1. The van der Waals surface area contributed by atoms with Gasteiger partial charge in [0, 0.05) is 35.7 Å². The number of benzene rings is 1. The molecule has 7 heteroatoms. The molecule has 1 aromatic heterocycles. The molecule has 1 fully saturated rings. The van der Waals surface area contributed by atoms with E-state index in [4.69, 9.17) is 0 Å². The fourth-order valence-corrected chi connectivity index (χ4v) is 3.69. The predicted molar refractivity (Wildman–Crippen MR) is 80.5 cm³/mol. The minimum atomic E-state index is -1.54. The molecule has 0 radical (unpaired) electrons. The third-order valence-corrected chi connectivity index (χ3v) is 4.78. The first-order valence-corrected chi connectivity index (χ1v) is 7.80. The molecule has 0 spiro atoms. The van der Waals surface area contributed by atoms with Crippen LogP contribution in [0, 0.1) is 28.8 Å². The summed E-state index contributed by atoms with van der Waals surface area (Å²) in [5.74, 6) is -3.29. The third kappa shape index (κ3) is 2.37. The van der Waals surface area contributed by atoms with Crippen LogP contribution in [0.4, 0.5) is 18.9 Å². The lowest BCUT2D eigenvalue weighted by atomic mass is 10.1. The van der Waals surface area contributed by atoms with Crippen molar-refractivity contribution in [1.82, 2.24) is 4.98 Å². The summed E-state index contributed by atoms with van der Waals surface area (Å²) in [7, 11) is 0. The van der Waals surface area contributed by atoms with Crippen molar-refractivity contribution in [2.45, 2.75) is 12.2 Å². The molecule has 114 valence electrons. The molecule has 0 saturated carbocycles. The van der Waals surface area contributed by atoms with Crippen molar-refractivity contribution < 1.29 is 13.2 Å². The van der Waals surface area contributed by atoms with Crippen molar-refractivity contribution in [1.29, 1.82) is 5.26 Å². The zero-order valence-electron chi connectivity index (χ0n) is 11.7. The number of rotatable bonds is 1. The monoisotopic (exact) mass is 323 g/mol. The maximum Gasteiger partial charge on any atom is 0.196 e. The Kier molecular flexibility index (Phi) is 3.87. The second-order valence-corrected chi connectivity index (χ2v) is 6.69. The van der Waals surface area contributed by atoms with Gasteiger partial charge < -0.3 is 4.90 Å². The zero-order valence-corrected chi connectivity index (χ0v) is 12.6. The average molecular weight is 323 g/mol. The van der Waals surface area contributed by atoms with Gasteiger partial charge in [-0.2, -0.15) is 17.0 Å². The Balaban J connectivity index is 2.28. The number of thioether (sulfide) groups is 1. The van der Waals surface area contributed by atoms with Crippen molar-refractivity contribution in [3.05, 3.63) is 35.3 Å². The summed E-state index contributed by atoms with van der Waals surface area (Å²) >= 11 is 1.80. The molecule has 1 aromatic carbocycles. The van der Waals surface area contributed by atoms with E-state index in [-0.39, 0.29) is 16.5 Å². The molecule has 1 aliphatic heterocycles. The highest BCUT2D eigenvalue weighted by molar-refractivity contribution is 8.00. The van der Waals surface area contributed by atoms with Gasteiger partial charge in [0.1, 0.15) is 11.6 Å². The van der Waals surface area contributed by atoms with Crippen molar-refractivity contribution in [3.63, 3.8) is 0 Å². The first-order valence-electron chi connectivity index (χ1n) is 6.75. The van der Waals surface area contributed by atoms with Crippen LogP contribution in [0.5, 0.6) is 0 Å². The van der Waals surface area contributed by atoms with Crippen LogP contribution in [0.2, 0.25) is 0 Å². The van der Waals surface area contributed by atoms with Crippen molar-refractivity contribution in [3.8, 4) is 6.07 Å². The maximum atomic E-state index is 13.9. The van der Waals surface area contributed by atoms with E-state index < -0.39 is 17.5 Å². The molecule has 0 N–H and O–H groups in total. The van der Waals surface area contributed by atoms with Crippen LogP contribution >= 0.6 is 11.8 Å². The second-order valence-electron chi connectivity index (χ2n) is 5.14. The number of halogens is 3. The Bertz CT molecular complexity index is 788.